The van der Waals surface area contributed by atoms with E-state index in [0.29, 0.717) is 29.5 Å². The maximum atomic E-state index is 12.2. The zero-order valence-corrected chi connectivity index (χ0v) is 11.3. The van der Waals surface area contributed by atoms with Crippen LogP contribution >= 0.6 is 0 Å². The van der Waals surface area contributed by atoms with Crippen LogP contribution in [0.25, 0.3) is 0 Å². The van der Waals surface area contributed by atoms with Crippen molar-refractivity contribution >= 4 is 11.6 Å². The number of ether oxygens (including phenoxy) is 2. The van der Waals surface area contributed by atoms with Gasteiger partial charge in [-0.1, -0.05) is 0 Å². The average molecular weight is 264 g/mol. The second-order valence-corrected chi connectivity index (χ2v) is 4.84. The van der Waals surface area contributed by atoms with Gasteiger partial charge in [0.05, 0.1) is 19.3 Å². The second kappa shape index (κ2) is 5.93. The number of amides is 1. The first-order chi connectivity index (χ1) is 9.11. The van der Waals surface area contributed by atoms with Crippen LogP contribution in [0.5, 0.6) is 5.75 Å². The number of carbonyl (C=O) groups is 1. The van der Waals surface area contributed by atoms with Gasteiger partial charge in [0.15, 0.2) is 0 Å². The van der Waals surface area contributed by atoms with Gasteiger partial charge in [-0.05, 0) is 31.5 Å². The summed E-state index contributed by atoms with van der Waals surface area (Å²) in [7, 11) is 1.56. The van der Waals surface area contributed by atoms with Crippen LogP contribution in [0.2, 0.25) is 0 Å². The highest BCUT2D eigenvalue weighted by Crippen LogP contribution is 2.21. The molecule has 1 aromatic carbocycles. The van der Waals surface area contributed by atoms with Crippen LogP contribution in [0, 0.1) is 5.92 Å². The smallest absolute Gasteiger partial charge is 0.253 e. The number of nitrogens with one attached hydrogen (secondary N) is 1. The molecule has 0 radical (unpaired) electrons. The largest absolute Gasteiger partial charge is 0.497 e. The molecule has 1 aromatic rings. The van der Waals surface area contributed by atoms with E-state index in [1.54, 1.807) is 25.3 Å². The Morgan fingerprint density at radius 2 is 2.37 bits per heavy atom. The lowest BCUT2D eigenvalue weighted by atomic mass is 10.00. The van der Waals surface area contributed by atoms with Crippen molar-refractivity contribution in [3.63, 3.8) is 0 Å². The van der Waals surface area contributed by atoms with Crippen molar-refractivity contribution in [1.82, 2.24) is 5.32 Å². The summed E-state index contributed by atoms with van der Waals surface area (Å²) in [6.45, 7) is 3.47. The Morgan fingerprint density at radius 3 is 3.00 bits per heavy atom. The van der Waals surface area contributed by atoms with E-state index in [9.17, 15) is 4.79 Å². The summed E-state index contributed by atoms with van der Waals surface area (Å²) < 4.78 is 10.4. The van der Waals surface area contributed by atoms with Crippen LogP contribution in [0.15, 0.2) is 18.2 Å². The van der Waals surface area contributed by atoms with E-state index in [1.807, 2.05) is 6.92 Å². The molecule has 1 fully saturated rings. The van der Waals surface area contributed by atoms with Crippen molar-refractivity contribution in [2.75, 3.05) is 26.1 Å². The van der Waals surface area contributed by atoms with Crippen LogP contribution in [0.1, 0.15) is 23.7 Å². The Balaban J connectivity index is 2.06. The predicted molar refractivity (Wildman–Crippen MR) is 73.3 cm³/mol. The molecule has 0 spiro atoms. The lowest BCUT2D eigenvalue weighted by Gasteiger charge is -2.19. The highest BCUT2D eigenvalue weighted by Gasteiger charge is 2.24. The van der Waals surface area contributed by atoms with Gasteiger partial charge in [0.25, 0.3) is 5.91 Å². The van der Waals surface area contributed by atoms with Crippen LogP contribution in [0.4, 0.5) is 5.69 Å². The van der Waals surface area contributed by atoms with Gasteiger partial charge >= 0.3 is 0 Å². The van der Waals surface area contributed by atoms with E-state index in [1.165, 1.54) is 0 Å². The molecular weight excluding hydrogens is 244 g/mol. The molecule has 1 aliphatic rings. The van der Waals surface area contributed by atoms with Gasteiger partial charge in [-0.2, -0.15) is 0 Å². The molecule has 5 nitrogen and oxygen atoms in total. The molecule has 2 unspecified atom stereocenters. The standard InChI is InChI=1S/C14H20N2O3/c1-9(10-5-6-19-8-10)16-14(17)12-7-11(18-2)3-4-13(12)15/h3-4,7,9-10H,5-6,8,15H2,1-2H3,(H,16,17). The van der Waals surface area contributed by atoms with Gasteiger partial charge in [-0.25, -0.2) is 0 Å². The minimum absolute atomic E-state index is 0.0700. The molecule has 1 amide bonds. The summed E-state index contributed by atoms with van der Waals surface area (Å²) in [6, 6.07) is 5.14. The van der Waals surface area contributed by atoms with Crippen LogP contribution in [0.3, 0.4) is 0 Å². The third-order valence-electron chi connectivity index (χ3n) is 3.54. The van der Waals surface area contributed by atoms with Crippen molar-refractivity contribution in [2.24, 2.45) is 5.92 Å². The molecular formula is C14H20N2O3. The van der Waals surface area contributed by atoms with E-state index >= 15 is 0 Å². The molecule has 0 bridgehead atoms. The fourth-order valence-corrected chi connectivity index (χ4v) is 2.21. The Bertz CT molecular complexity index is 456. The van der Waals surface area contributed by atoms with E-state index in [2.05, 4.69) is 5.32 Å². The minimum atomic E-state index is -0.171. The monoisotopic (exact) mass is 264 g/mol. The molecule has 0 aliphatic carbocycles. The molecule has 0 aromatic heterocycles. The van der Waals surface area contributed by atoms with Crippen molar-refractivity contribution in [3.05, 3.63) is 23.8 Å². The zero-order chi connectivity index (χ0) is 13.8. The Labute approximate surface area is 113 Å². The first kappa shape index (κ1) is 13.7. The van der Waals surface area contributed by atoms with Crippen LogP contribution < -0.4 is 15.8 Å². The number of rotatable bonds is 4. The fourth-order valence-electron chi connectivity index (χ4n) is 2.21. The maximum absolute atomic E-state index is 12.2. The van der Waals surface area contributed by atoms with Crippen molar-refractivity contribution < 1.29 is 14.3 Å². The lowest BCUT2D eigenvalue weighted by molar-refractivity contribution is 0.0922. The van der Waals surface area contributed by atoms with Gasteiger partial charge in [-0.3, -0.25) is 4.79 Å². The third-order valence-corrected chi connectivity index (χ3v) is 3.54. The normalized spacial score (nSPS) is 20.0. The first-order valence-corrected chi connectivity index (χ1v) is 6.44. The summed E-state index contributed by atoms with van der Waals surface area (Å²) in [5, 5.41) is 2.98. The summed E-state index contributed by atoms with van der Waals surface area (Å²) >= 11 is 0. The number of hydrogen-bond acceptors (Lipinski definition) is 4. The van der Waals surface area contributed by atoms with Gasteiger partial charge in [-0.15, -0.1) is 0 Å². The SMILES string of the molecule is COc1ccc(N)c(C(=O)NC(C)C2CCOC2)c1. The van der Waals surface area contributed by atoms with Crippen molar-refractivity contribution in [1.29, 1.82) is 0 Å². The van der Waals surface area contributed by atoms with Gasteiger partial charge in [0.2, 0.25) is 0 Å². The van der Waals surface area contributed by atoms with Gasteiger partial charge in [0, 0.05) is 24.3 Å². The quantitative estimate of drug-likeness (QED) is 0.807. The summed E-state index contributed by atoms with van der Waals surface area (Å²) in [5.74, 6) is 0.822. The number of methoxy groups -OCH3 is 1. The number of nitrogen functional groups attached to an aromatic ring is 1. The van der Waals surface area contributed by atoms with Crippen LogP contribution in [-0.4, -0.2) is 32.3 Å². The second-order valence-electron chi connectivity index (χ2n) is 4.84. The van der Waals surface area contributed by atoms with Crippen molar-refractivity contribution in [2.45, 2.75) is 19.4 Å². The van der Waals surface area contributed by atoms with Crippen molar-refractivity contribution in [3.8, 4) is 5.75 Å². The highest BCUT2D eigenvalue weighted by molar-refractivity contribution is 5.99. The molecule has 0 saturated carbocycles. The minimum Gasteiger partial charge on any atom is -0.497 e. The molecule has 104 valence electrons. The maximum Gasteiger partial charge on any atom is 0.253 e. The third kappa shape index (κ3) is 3.17. The number of benzene rings is 1. The number of hydrogen-bond donors (Lipinski definition) is 2. The summed E-state index contributed by atoms with van der Waals surface area (Å²) in [6.07, 6.45) is 0.981. The molecule has 2 rings (SSSR count). The zero-order valence-electron chi connectivity index (χ0n) is 11.3. The van der Waals surface area contributed by atoms with Crippen LogP contribution in [-0.2, 0) is 4.74 Å². The Morgan fingerprint density at radius 1 is 1.58 bits per heavy atom. The molecule has 2 atom stereocenters. The van der Waals surface area contributed by atoms with E-state index in [-0.39, 0.29) is 11.9 Å². The molecule has 3 N–H and O–H groups in total. The van der Waals surface area contributed by atoms with E-state index < -0.39 is 0 Å². The number of anilines is 1. The number of carbonyl (C=O) groups excluding carboxylic acids is 1. The highest BCUT2D eigenvalue weighted by atomic mass is 16.5. The molecule has 1 saturated heterocycles. The Hall–Kier alpha value is -1.75. The molecule has 19 heavy (non-hydrogen) atoms. The predicted octanol–water partition coefficient (Wildman–Crippen LogP) is 1.43. The van der Waals surface area contributed by atoms with Gasteiger partial charge in [0.1, 0.15) is 5.75 Å². The van der Waals surface area contributed by atoms with E-state index in [0.717, 1.165) is 13.0 Å². The van der Waals surface area contributed by atoms with E-state index in [4.69, 9.17) is 15.2 Å². The first-order valence-electron chi connectivity index (χ1n) is 6.44. The molecule has 1 aliphatic heterocycles. The molecule has 5 heteroatoms. The average Bonchev–Trinajstić information content (AvgIpc) is 2.93. The number of nitrogens with two attached hydrogens (primary N) is 1. The summed E-state index contributed by atoms with van der Waals surface area (Å²) in [4.78, 5) is 12.2. The molecule has 1 heterocycles. The summed E-state index contributed by atoms with van der Waals surface area (Å²) in [5.41, 5.74) is 6.73. The Kier molecular flexibility index (Phi) is 4.27. The fraction of sp³-hybridized carbons (Fsp3) is 0.500. The van der Waals surface area contributed by atoms with Gasteiger partial charge < -0.3 is 20.5 Å². The lowest BCUT2D eigenvalue weighted by Crippen LogP contribution is -2.38. The topological polar surface area (TPSA) is 73.6 Å².